The third kappa shape index (κ3) is 4.33. The number of hydrogen-bond acceptors (Lipinski definition) is 9. The van der Waals surface area contributed by atoms with Crippen LogP contribution < -0.4 is 5.32 Å². The molecule has 34 heavy (non-hydrogen) atoms. The van der Waals surface area contributed by atoms with Crippen LogP contribution >= 0.6 is 11.8 Å². The van der Waals surface area contributed by atoms with E-state index in [0.717, 1.165) is 0 Å². The summed E-state index contributed by atoms with van der Waals surface area (Å²) < 4.78 is 1.34. The van der Waals surface area contributed by atoms with Crippen molar-refractivity contribution in [1.82, 2.24) is 35.3 Å². The highest BCUT2D eigenvalue weighted by atomic mass is 32.2. The number of ketones is 1. The molecule has 13 heteroatoms. The van der Waals surface area contributed by atoms with E-state index in [-0.39, 0.29) is 65.4 Å². The second kappa shape index (κ2) is 9.45. The Labute approximate surface area is 201 Å². The molecule has 2 N–H and O–H groups in total. The van der Waals surface area contributed by atoms with Gasteiger partial charge in [-0.15, -0.1) is 16.9 Å². The summed E-state index contributed by atoms with van der Waals surface area (Å²) in [7, 11) is 3.42. The summed E-state index contributed by atoms with van der Waals surface area (Å²) >= 11 is 1.45. The summed E-state index contributed by atoms with van der Waals surface area (Å²) in [5.41, 5.74) is 0.0401. The molecule has 0 aromatic carbocycles. The first kappa shape index (κ1) is 24.3. The van der Waals surface area contributed by atoms with Gasteiger partial charge < -0.3 is 20.2 Å². The topological polar surface area (TPSA) is 151 Å². The van der Waals surface area contributed by atoms with Gasteiger partial charge in [0, 0.05) is 43.1 Å². The smallest absolute Gasteiger partial charge is 0.353 e. The number of carbonyl (C=O) groups excluding carboxylic acids is 3. The Bertz CT molecular complexity index is 1030. The van der Waals surface area contributed by atoms with Gasteiger partial charge >= 0.3 is 5.97 Å². The number of carboxylic acids is 1. The molecule has 4 rings (SSSR count). The molecule has 4 heterocycles. The first-order chi connectivity index (χ1) is 16.1. The van der Waals surface area contributed by atoms with Gasteiger partial charge in [0.25, 0.3) is 0 Å². The minimum Gasteiger partial charge on any atom is -0.477 e. The van der Waals surface area contributed by atoms with E-state index >= 15 is 0 Å². The lowest BCUT2D eigenvalue weighted by Crippen LogP contribution is -2.62. The molecule has 6 atom stereocenters. The van der Waals surface area contributed by atoms with E-state index in [0.29, 0.717) is 17.9 Å². The number of nitrogens with one attached hydrogen (secondary N) is 1. The first-order valence-electron chi connectivity index (χ1n) is 11.2. The van der Waals surface area contributed by atoms with Crippen LogP contribution in [0.3, 0.4) is 0 Å². The first-order valence-corrected chi connectivity index (χ1v) is 12.1. The van der Waals surface area contributed by atoms with E-state index in [1.807, 2.05) is 13.8 Å². The Morgan fingerprint density at radius 2 is 2.09 bits per heavy atom. The molecule has 3 aliphatic heterocycles. The van der Waals surface area contributed by atoms with Gasteiger partial charge in [-0.2, -0.15) is 0 Å². The number of Topliss-reactive ketones (excluding diaryl/α,β-unsaturated/α-hetero) is 1. The summed E-state index contributed by atoms with van der Waals surface area (Å²) in [6, 6.07) is -0.582. The summed E-state index contributed by atoms with van der Waals surface area (Å²) in [4.78, 5) is 53.5. The SMILES string of the molecule is C[C@@H](CC(=O)Cn1cnnn1)[C@H]1C(=O)N2C(C(=O)O)=C(S[C@@H]3CNC(C(=O)N(C)C)C3)[C@H](C)[C@H]12. The van der Waals surface area contributed by atoms with Crippen LogP contribution in [0.25, 0.3) is 0 Å². The lowest BCUT2D eigenvalue weighted by atomic mass is 9.73. The molecule has 0 spiro atoms. The Balaban J connectivity index is 1.44. The molecule has 1 aromatic rings. The van der Waals surface area contributed by atoms with Crippen molar-refractivity contribution in [3.05, 3.63) is 16.9 Å². The fourth-order valence-electron chi connectivity index (χ4n) is 5.22. The number of tetrazole rings is 1. The van der Waals surface area contributed by atoms with Crippen LogP contribution in [0.1, 0.15) is 26.7 Å². The van der Waals surface area contributed by atoms with Gasteiger partial charge in [0.2, 0.25) is 11.8 Å². The maximum atomic E-state index is 13.1. The zero-order chi connectivity index (χ0) is 24.7. The number of carbonyl (C=O) groups is 4. The standard InChI is InChI=1S/C21H29N7O5S/c1-10(5-12(29)8-27-9-23-24-25-27)15-16-11(2)18(17(21(32)33)28(16)20(15)31)34-13-6-14(22-7-13)19(30)26(3)4/h9-11,13-16,22H,5-8H2,1-4H3,(H,32,33)/t10-,11+,13-,14?,15+,16+/m0/s1. The normalized spacial score (nSPS) is 29.1. The maximum Gasteiger partial charge on any atom is 0.353 e. The number of thioether (sulfide) groups is 1. The van der Waals surface area contributed by atoms with E-state index in [1.165, 1.54) is 27.7 Å². The fraction of sp³-hybridized carbons (Fsp3) is 0.667. The maximum absolute atomic E-state index is 13.1. The molecule has 3 aliphatic rings. The summed E-state index contributed by atoms with van der Waals surface area (Å²) in [6.45, 7) is 4.41. The van der Waals surface area contributed by atoms with Crippen LogP contribution in [0.5, 0.6) is 0 Å². The Morgan fingerprint density at radius 3 is 2.71 bits per heavy atom. The number of aromatic nitrogens is 4. The van der Waals surface area contributed by atoms with Crippen molar-refractivity contribution in [1.29, 1.82) is 0 Å². The highest BCUT2D eigenvalue weighted by molar-refractivity contribution is 8.03. The third-order valence-corrected chi connectivity index (χ3v) is 8.32. The minimum atomic E-state index is -1.13. The van der Waals surface area contributed by atoms with E-state index < -0.39 is 11.9 Å². The Morgan fingerprint density at radius 1 is 1.35 bits per heavy atom. The van der Waals surface area contributed by atoms with Crippen LogP contribution in [0, 0.1) is 17.8 Å². The van der Waals surface area contributed by atoms with Gasteiger partial charge in [-0.1, -0.05) is 13.8 Å². The largest absolute Gasteiger partial charge is 0.477 e. The van der Waals surface area contributed by atoms with Gasteiger partial charge in [0.15, 0.2) is 5.78 Å². The molecule has 12 nitrogen and oxygen atoms in total. The van der Waals surface area contributed by atoms with Crippen molar-refractivity contribution in [2.45, 2.75) is 50.6 Å². The van der Waals surface area contributed by atoms with Gasteiger partial charge in [0.1, 0.15) is 18.6 Å². The van der Waals surface area contributed by atoms with Gasteiger partial charge in [0.05, 0.1) is 18.0 Å². The van der Waals surface area contributed by atoms with E-state index in [2.05, 4.69) is 20.8 Å². The van der Waals surface area contributed by atoms with Crippen LogP contribution in [0.15, 0.2) is 16.9 Å². The lowest BCUT2D eigenvalue weighted by molar-refractivity contribution is -0.160. The monoisotopic (exact) mass is 491 g/mol. The molecule has 0 saturated carbocycles. The van der Waals surface area contributed by atoms with Gasteiger partial charge in [-0.25, -0.2) is 9.48 Å². The number of fused-ring (bicyclic) bond motifs is 1. The van der Waals surface area contributed by atoms with Crippen molar-refractivity contribution >= 4 is 35.3 Å². The van der Waals surface area contributed by atoms with E-state index in [4.69, 9.17) is 0 Å². The van der Waals surface area contributed by atoms with Gasteiger partial charge in [-0.3, -0.25) is 14.4 Å². The number of hydrogen-bond donors (Lipinski definition) is 2. The zero-order valence-corrected chi connectivity index (χ0v) is 20.4. The molecule has 0 aliphatic carbocycles. The Kier molecular flexibility index (Phi) is 6.76. The molecule has 2 amide bonds. The molecule has 1 aromatic heterocycles. The van der Waals surface area contributed by atoms with Crippen molar-refractivity contribution < 1.29 is 24.3 Å². The molecule has 0 bridgehead atoms. The second-order valence-electron chi connectivity index (χ2n) is 9.43. The molecule has 1 unspecified atom stereocenters. The Hall–Kier alpha value is -2.80. The van der Waals surface area contributed by atoms with Crippen LogP contribution in [-0.4, -0.2) is 96.7 Å². The van der Waals surface area contributed by atoms with Crippen molar-refractivity contribution in [3.63, 3.8) is 0 Å². The lowest BCUT2D eigenvalue weighted by Gasteiger charge is -2.47. The average molecular weight is 492 g/mol. The highest BCUT2D eigenvalue weighted by Gasteiger charge is 2.60. The second-order valence-corrected chi connectivity index (χ2v) is 10.8. The van der Waals surface area contributed by atoms with Crippen molar-refractivity contribution in [2.75, 3.05) is 20.6 Å². The minimum absolute atomic E-state index is 0.00534. The third-order valence-electron chi connectivity index (χ3n) is 6.81. The predicted octanol–water partition coefficient (Wildman–Crippen LogP) is -0.407. The van der Waals surface area contributed by atoms with Crippen LogP contribution in [0.4, 0.5) is 0 Å². The summed E-state index contributed by atoms with van der Waals surface area (Å²) in [6.07, 6.45) is 2.13. The number of carboxylic acid groups (broad SMARTS) is 1. The average Bonchev–Trinajstić information content (AvgIpc) is 3.48. The van der Waals surface area contributed by atoms with Crippen LogP contribution in [0.2, 0.25) is 0 Å². The predicted molar refractivity (Wildman–Crippen MR) is 121 cm³/mol. The summed E-state index contributed by atoms with van der Waals surface area (Å²) in [5, 5.41) is 23.9. The highest BCUT2D eigenvalue weighted by Crippen LogP contribution is 2.53. The quantitative estimate of drug-likeness (QED) is 0.436. The van der Waals surface area contributed by atoms with Crippen molar-refractivity contribution in [3.8, 4) is 0 Å². The molecular weight excluding hydrogens is 462 g/mol. The molecule has 0 radical (unpaired) electrons. The zero-order valence-electron chi connectivity index (χ0n) is 19.5. The number of aliphatic carboxylic acids is 1. The van der Waals surface area contributed by atoms with Crippen LogP contribution in [-0.2, 0) is 25.7 Å². The fourth-order valence-corrected chi connectivity index (χ4v) is 6.70. The molecule has 184 valence electrons. The number of amides is 2. The molecular formula is C21H29N7O5S. The number of likely N-dealkylation sites (N-methyl/N-ethyl adjacent to an activating group) is 1. The number of β-lactam (4-membered cyclic amide) rings is 1. The van der Waals surface area contributed by atoms with E-state index in [9.17, 15) is 24.3 Å². The van der Waals surface area contributed by atoms with Gasteiger partial charge in [-0.05, 0) is 22.8 Å². The van der Waals surface area contributed by atoms with Crippen molar-refractivity contribution in [2.24, 2.45) is 17.8 Å². The number of rotatable bonds is 9. The number of nitrogens with zero attached hydrogens (tertiary/aromatic N) is 6. The molecule has 2 fully saturated rings. The van der Waals surface area contributed by atoms with E-state index in [1.54, 1.807) is 19.0 Å². The summed E-state index contributed by atoms with van der Waals surface area (Å²) in [5.74, 6) is -2.31. The molecule has 2 saturated heterocycles.